The van der Waals surface area contributed by atoms with E-state index in [-0.39, 0.29) is 18.8 Å². The highest BCUT2D eigenvalue weighted by Gasteiger charge is 2.24. The van der Waals surface area contributed by atoms with E-state index in [4.69, 9.17) is 15.6 Å². The second-order valence-electron chi connectivity index (χ2n) is 4.25. The molecule has 1 aromatic carbocycles. The predicted molar refractivity (Wildman–Crippen MR) is 64.5 cm³/mol. The van der Waals surface area contributed by atoms with Crippen LogP contribution in [0.15, 0.2) is 24.3 Å². The first-order valence-electron chi connectivity index (χ1n) is 5.56. The Bertz CT molecular complexity index is 339. The molecule has 0 aromatic heterocycles. The van der Waals surface area contributed by atoms with Crippen LogP contribution in [0.5, 0.6) is 0 Å². The topological polar surface area (TPSA) is 58.7 Å². The summed E-state index contributed by atoms with van der Waals surface area (Å²) in [4.78, 5) is 2.22. The molecule has 88 valence electrons. The molecule has 1 aliphatic heterocycles. The largest absolute Gasteiger partial charge is 0.399 e. The molecule has 2 atom stereocenters. The lowest BCUT2D eigenvalue weighted by molar-refractivity contribution is -0.0421. The Morgan fingerprint density at radius 3 is 2.69 bits per heavy atom. The summed E-state index contributed by atoms with van der Waals surface area (Å²) in [7, 11) is 0. The normalized spacial score (nSPS) is 25.8. The first-order chi connectivity index (χ1) is 7.69. The third kappa shape index (κ3) is 2.46. The number of aliphatic hydroxyl groups excluding tert-OH is 1. The zero-order valence-corrected chi connectivity index (χ0v) is 9.47. The minimum Gasteiger partial charge on any atom is -0.399 e. The van der Waals surface area contributed by atoms with E-state index in [0.29, 0.717) is 0 Å². The Labute approximate surface area is 95.6 Å². The van der Waals surface area contributed by atoms with E-state index >= 15 is 0 Å². The zero-order chi connectivity index (χ0) is 11.5. The van der Waals surface area contributed by atoms with Crippen LogP contribution < -0.4 is 10.6 Å². The predicted octanol–water partition coefficient (Wildman–Crippen LogP) is 0.855. The van der Waals surface area contributed by atoms with E-state index in [0.717, 1.165) is 24.5 Å². The van der Waals surface area contributed by atoms with Gasteiger partial charge in [-0.1, -0.05) is 0 Å². The fraction of sp³-hybridized carbons (Fsp3) is 0.500. The van der Waals surface area contributed by atoms with Gasteiger partial charge in [-0.15, -0.1) is 0 Å². The van der Waals surface area contributed by atoms with E-state index in [1.54, 1.807) is 0 Å². The summed E-state index contributed by atoms with van der Waals surface area (Å²) in [6.07, 6.45) is 0.0461. The summed E-state index contributed by atoms with van der Waals surface area (Å²) in [5.74, 6) is 0. The summed E-state index contributed by atoms with van der Waals surface area (Å²) < 4.78 is 5.59. The van der Waals surface area contributed by atoms with Gasteiger partial charge >= 0.3 is 0 Å². The van der Waals surface area contributed by atoms with Crippen LogP contribution >= 0.6 is 0 Å². The van der Waals surface area contributed by atoms with Crippen molar-refractivity contribution in [3.05, 3.63) is 24.3 Å². The van der Waals surface area contributed by atoms with Gasteiger partial charge in [-0.2, -0.15) is 0 Å². The molecular weight excluding hydrogens is 204 g/mol. The van der Waals surface area contributed by atoms with Crippen LogP contribution in [0.3, 0.4) is 0 Å². The van der Waals surface area contributed by atoms with Gasteiger partial charge in [0.05, 0.1) is 18.8 Å². The minimum atomic E-state index is -0.0960. The van der Waals surface area contributed by atoms with Gasteiger partial charge in [0.25, 0.3) is 0 Å². The lowest BCUT2D eigenvalue weighted by Gasteiger charge is -2.37. The second kappa shape index (κ2) is 4.72. The van der Waals surface area contributed by atoms with Crippen LogP contribution in [0.4, 0.5) is 11.4 Å². The first kappa shape index (κ1) is 11.2. The molecule has 0 radical (unpaired) electrons. The molecule has 0 saturated carbocycles. The number of benzene rings is 1. The van der Waals surface area contributed by atoms with Crippen molar-refractivity contribution in [2.45, 2.75) is 19.1 Å². The van der Waals surface area contributed by atoms with Crippen LogP contribution in [0.25, 0.3) is 0 Å². The maximum Gasteiger partial charge on any atom is 0.0984 e. The summed E-state index contributed by atoms with van der Waals surface area (Å²) in [6, 6.07) is 7.79. The van der Waals surface area contributed by atoms with Crippen molar-refractivity contribution in [2.75, 3.05) is 30.3 Å². The molecule has 1 fully saturated rings. The number of anilines is 2. The summed E-state index contributed by atoms with van der Waals surface area (Å²) in [5.41, 5.74) is 7.55. The van der Waals surface area contributed by atoms with Crippen LogP contribution in [-0.4, -0.2) is 37.0 Å². The number of rotatable bonds is 2. The molecule has 2 rings (SSSR count). The standard InChI is InChI=1S/C12H18N2O2/c1-9-6-14(7-12(8-15)16-9)11-4-2-10(13)3-5-11/h2-5,9,12,15H,6-8,13H2,1H3. The molecule has 1 heterocycles. The number of hydrogen-bond donors (Lipinski definition) is 2. The number of nitrogens with zero attached hydrogens (tertiary/aromatic N) is 1. The first-order valence-corrected chi connectivity index (χ1v) is 5.56. The molecule has 2 unspecified atom stereocenters. The molecular formula is C12H18N2O2. The van der Waals surface area contributed by atoms with Gasteiger partial charge in [0.15, 0.2) is 0 Å². The minimum absolute atomic E-state index is 0.0653. The van der Waals surface area contributed by atoms with Crippen LogP contribution in [0.1, 0.15) is 6.92 Å². The molecule has 1 aliphatic rings. The van der Waals surface area contributed by atoms with Gasteiger partial charge in [-0.25, -0.2) is 0 Å². The average Bonchev–Trinajstić information content (AvgIpc) is 2.29. The fourth-order valence-corrected chi connectivity index (χ4v) is 2.04. The average molecular weight is 222 g/mol. The highest BCUT2D eigenvalue weighted by molar-refractivity contribution is 5.53. The summed E-state index contributed by atoms with van der Waals surface area (Å²) >= 11 is 0. The van der Waals surface area contributed by atoms with E-state index in [1.165, 1.54) is 0 Å². The van der Waals surface area contributed by atoms with Gasteiger partial charge < -0.3 is 20.5 Å². The highest BCUT2D eigenvalue weighted by Crippen LogP contribution is 2.21. The molecule has 3 N–H and O–H groups in total. The van der Waals surface area contributed by atoms with Crippen LogP contribution in [0, 0.1) is 0 Å². The molecule has 4 nitrogen and oxygen atoms in total. The molecule has 0 aliphatic carbocycles. The maximum atomic E-state index is 9.15. The monoisotopic (exact) mass is 222 g/mol. The van der Waals surface area contributed by atoms with Crippen molar-refractivity contribution < 1.29 is 9.84 Å². The Kier molecular flexibility index (Phi) is 3.31. The zero-order valence-electron chi connectivity index (χ0n) is 9.47. The maximum absolute atomic E-state index is 9.15. The van der Waals surface area contributed by atoms with Crippen LogP contribution in [-0.2, 0) is 4.74 Å². The molecule has 0 spiro atoms. The molecule has 16 heavy (non-hydrogen) atoms. The van der Waals surface area contributed by atoms with Crippen molar-refractivity contribution in [2.24, 2.45) is 0 Å². The second-order valence-corrected chi connectivity index (χ2v) is 4.25. The quantitative estimate of drug-likeness (QED) is 0.728. The number of aliphatic hydroxyl groups is 1. The number of ether oxygens (including phenoxy) is 1. The summed E-state index contributed by atoms with van der Waals surface area (Å²) in [6.45, 7) is 3.66. The third-order valence-electron chi connectivity index (χ3n) is 2.79. The number of hydrogen-bond acceptors (Lipinski definition) is 4. The van der Waals surface area contributed by atoms with Gasteiger partial charge in [-0.3, -0.25) is 0 Å². The van der Waals surface area contributed by atoms with Gasteiger partial charge in [0, 0.05) is 24.5 Å². The van der Waals surface area contributed by atoms with E-state index < -0.39 is 0 Å². The summed E-state index contributed by atoms with van der Waals surface area (Å²) in [5, 5.41) is 9.15. The Morgan fingerprint density at radius 2 is 2.06 bits per heavy atom. The SMILES string of the molecule is CC1CN(c2ccc(N)cc2)CC(CO)O1. The van der Waals surface area contributed by atoms with Crippen molar-refractivity contribution >= 4 is 11.4 Å². The van der Waals surface area contributed by atoms with Gasteiger partial charge in [-0.05, 0) is 31.2 Å². The molecule has 1 saturated heterocycles. The van der Waals surface area contributed by atoms with Gasteiger partial charge in [0.1, 0.15) is 0 Å². The van der Waals surface area contributed by atoms with E-state index in [9.17, 15) is 0 Å². The van der Waals surface area contributed by atoms with E-state index in [2.05, 4.69) is 4.90 Å². The smallest absolute Gasteiger partial charge is 0.0984 e. The molecule has 0 amide bonds. The molecule has 1 aromatic rings. The lowest BCUT2D eigenvalue weighted by Crippen LogP contribution is -2.48. The molecule has 4 heteroatoms. The third-order valence-corrected chi connectivity index (χ3v) is 2.79. The Balaban J connectivity index is 2.11. The number of morpholine rings is 1. The van der Waals surface area contributed by atoms with E-state index in [1.807, 2.05) is 31.2 Å². The lowest BCUT2D eigenvalue weighted by atomic mass is 10.2. The Morgan fingerprint density at radius 1 is 1.38 bits per heavy atom. The van der Waals surface area contributed by atoms with Crippen molar-refractivity contribution in [3.63, 3.8) is 0 Å². The van der Waals surface area contributed by atoms with Crippen molar-refractivity contribution in [1.82, 2.24) is 0 Å². The highest BCUT2D eigenvalue weighted by atomic mass is 16.5. The fourth-order valence-electron chi connectivity index (χ4n) is 2.04. The van der Waals surface area contributed by atoms with Crippen molar-refractivity contribution in [3.8, 4) is 0 Å². The van der Waals surface area contributed by atoms with Crippen molar-refractivity contribution in [1.29, 1.82) is 0 Å². The number of nitrogen functional groups attached to an aromatic ring is 1. The Hall–Kier alpha value is -1.26. The van der Waals surface area contributed by atoms with Gasteiger partial charge in [0.2, 0.25) is 0 Å². The molecule has 0 bridgehead atoms. The van der Waals surface area contributed by atoms with Crippen LogP contribution in [0.2, 0.25) is 0 Å². The number of nitrogens with two attached hydrogens (primary N) is 1.